The Labute approximate surface area is 186 Å². The van der Waals surface area contributed by atoms with E-state index in [0.29, 0.717) is 34.6 Å². The highest BCUT2D eigenvalue weighted by Gasteiger charge is 2.35. The van der Waals surface area contributed by atoms with Gasteiger partial charge in [0.2, 0.25) is 5.91 Å². The number of hydrogen-bond acceptors (Lipinski definition) is 4. The summed E-state index contributed by atoms with van der Waals surface area (Å²) >= 11 is 3.31. The molecule has 8 nitrogen and oxygen atoms in total. The number of carbonyl (C=O) groups is 3. The summed E-state index contributed by atoms with van der Waals surface area (Å²) in [5, 5.41) is 2.82. The normalized spacial score (nSPS) is 12.9. The van der Waals surface area contributed by atoms with Gasteiger partial charge in [-0.05, 0) is 43.7 Å². The largest absolute Gasteiger partial charge is 0.330 e. The fraction of sp³-hybridized carbons (Fsp3) is 0.182. The van der Waals surface area contributed by atoms with Crippen LogP contribution in [0.3, 0.4) is 0 Å². The first-order chi connectivity index (χ1) is 14.9. The molecule has 1 aromatic heterocycles. The number of imidazole rings is 1. The fourth-order valence-corrected chi connectivity index (χ4v) is 3.97. The fourth-order valence-electron chi connectivity index (χ4n) is 3.61. The lowest BCUT2D eigenvalue weighted by atomic mass is 10.1. The van der Waals surface area contributed by atoms with E-state index in [1.54, 1.807) is 55.6 Å². The number of rotatable bonds is 6. The molecule has 2 aromatic carbocycles. The Hall–Kier alpha value is -3.46. The zero-order valence-electron chi connectivity index (χ0n) is 16.6. The molecule has 1 aliphatic heterocycles. The lowest BCUT2D eigenvalue weighted by molar-refractivity contribution is -0.116. The Morgan fingerprint density at radius 1 is 1.06 bits per heavy atom. The number of carbonyl (C=O) groups excluding carboxylic acids is 3. The molecular formula is C22H19BrN4O4. The van der Waals surface area contributed by atoms with E-state index in [9.17, 15) is 19.2 Å². The average Bonchev–Trinajstić information content (AvgIpc) is 3.19. The van der Waals surface area contributed by atoms with Gasteiger partial charge in [0.05, 0.1) is 22.5 Å². The summed E-state index contributed by atoms with van der Waals surface area (Å²) in [4.78, 5) is 53.4. The summed E-state index contributed by atoms with van der Waals surface area (Å²) in [6.07, 6.45) is 2.04. The van der Waals surface area contributed by atoms with Gasteiger partial charge in [0.15, 0.2) is 0 Å². The lowest BCUT2D eigenvalue weighted by Gasteiger charge is -2.14. The number of aryl methyl sites for hydroxylation is 1. The maximum absolute atomic E-state index is 12.5. The van der Waals surface area contributed by atoms with Crippen molar-refractivity contribution in [3.05, 3.63) is 80.4 Å². The molecule has 158 valence electrons. The first-order valence-electron chi connectivity index (χ1n) is 9.69. The molecular weight excluding hydrogens is 464 g/mol. The summed E-state index contributed by atoms with van der Waals surface area (Å²) in [6, 6.07) is 12.0. The van der Waals surface area contributed by atoms with Crippen molar-refractivity contribution < 1.29 is 14.4 Å². The minimum atomic E-state index is -0.352. The van der Waals surface area contributed by atoms with Crippen molar-refractivity contribution in [2.45, 2.75) is 19.8 Å². The van der Waals surface area contributed by atoms with E-state index in [1.807, 2.05) is 0 Å². The highest BCUT2D eigenvalue weighted by Crippen LogP contribution is 2.26. The third-order valence-electron chi connectivity index (χ3n) is 5.10. The van der Waals surface area contributed by atoms with E-state index in [4.69, 9.17) is 0 Å². The van der Waals surface area contributed by atoms with Gasteiger partial charge in [0.25, 0.3) is 11.8 Å². The summed E-state index contributed by atoms with van der Waals surface area (Å²) in [5.41, 5.74) is 2.22. The molecule has 4 rings (SSSR count). The standard InChI is InChI=1S/C22H19BrN4O4/c1-13-12-24-22(31)27(13)18-6-3-2-5-17(18)25-19(28)7-4-10-26-20(29)15-9-8-14(23)11-16(15)21(26)30/h2-3,5-6,8-9,11-12H,4,7,10H2,1H3,(H,24,31)(H,25,28). The van der Waals surface area contributed by atoms with Crippen LogP contribution in [0.4, 0.5) is 5.69 Å². The number of benzene rings is 2. The summed E-state index contributed by atoms with van der Waals surface area (Å²) < 4.78 is 2.20. The van der Waals surface area contributed by atoms with Gasteiger partial charge in [-0.2, -0.15) is 0 Å². The first-order valence-corrected chi connectivity index (χ1v) is 10.5. The number of hydrogen-bond donors (Lipinski definition) is 2. The molecule has 0 saturated carbocycles. The maximum Gasteiger partial charge on any atom is 0.330 e. The SMILES string of the molecule is Cc1c[nH]c(=O)n1-c1ccccc1NC(=O)CCCN1C(=O)c2ccc(Br)cc2C1=O. The summed E-state index contributed by atoms with van der Waals surface area (Å²) in [5.74, 6) is -0.969. The van der Waals surface area contributed by atoms with E-state index in [1.165, 1.54) is 9.47 Å². The molecule has 0 fully saturated rings. The van der Waals surface area contributed by atoms with Gasteiger partial charge in [-0.1, -0.05) is 28.1 Å². The molecule has 9 heteroatoms. The van der Waals surface area contributed by atoms with Crippen LogP contribution in [0.5, 0.6) is 0 Å². The first kappa shape index (κ1) is 20.8. The second kappa shape index (κ2) is 8.35. The molecule has 31 heavy (non-hydrogen) atoms. The number of halogens is 1. The van der Waals surface area contributed by atoms with Crippen LogP contribution >= 0.6 is 15.9 Å². The van der Waals surface area contributed by atoms with Crippen LogP contribution < -0.4 is 11.0 Å². The quantitative estimate of drug-likeness (QED) is 0.526. The molecule has 2 N–H and O–H groups in total. The topological polar surface area (TPSA) is 104 Å². The van der Waals surface area contributed by atoms with E-state index < -0.39 is 0 Å². The van der Waals surface area contributed by atoms with Crippen molar-refractivity contribution in [3.8, 4) is 5.69 Å². The number of aromatic nitrogens is 2. The third-order valence-corrected chi connectivity index (χ3v) is 5.59. The Bertz CT molecular complexity index is 1260. The van der Waals surface area contributed by atoms with Crippen LogP contribution in [0.2, 0.25) is 0 Å². The van der Waals surface area contributed by atoms with E-state index in [2.05, 4.69) is 26.2 Å². The molecule has 0 saturated heterocycles. The minimum absolute atomic E-state index is 0.118. The monoisotopic (exact) mass is 482 g/mol. The number of amides is 3. The van der Waals surface area contributed by atoms with Crippen molar-refractivity contribution in [2.75, 3.05) is 11.9 Å². The molecule has 1 aliphatic rings. The average molecular weight is 483 g/mol. The number of para-hydroxylation sites is 2. The third kappa shape index (κ3) is 3.96. The molecule has 0 spiro atoms. The summed E-state index contributed by atoms with van der Waals surface area (Å²) in [7, 11) is 0. The van der Waals surface area contributed by atoms with Crippen LogP contribution in [0, 0.1) is 6.92 Å². The lowest BCUT2D eigenvalue weighted by Crippen LogP contribution is -2.31. The van der Waals surface area contributed by atoms with Crippen LogP contribution in [0.15, 0.2) is 57.9 Å². The number of imide groups is 1. The number of anilines is 1. The summed E-state index contributed by atoms with van der Waals surface area (Å²) in [6.45, 7) is 1.94. The number of H-pyrrole nitrogens is 1. The highest BCUT2D eigenvalue weighted by molar-refractivity contribution is 9.10. The molecule has 3 aromatic rings. The van der Waals surface area contributed by atoms with Crippen LogP contribution in [0.1, 0.15) is 39.3 Å². The Balaban J connectivity index is 1.40. The molecule has 0 bridgehead atoms. The predicted molar refractivity (Wildman–Crippen MR) is 118 cm³/mol. The molecule has 0 radical (unpaired) electrons. The van der Waals surface area contributed by atoms with Gasteiger partial charge in [-0.15, -0.1) is 0 Å². The Morgan fingerprint density at radius 3 is 2.55 bits per heavy atom. The van der Waals surface area contributed by atoms with Crippen molar-refractivity contribution in [2.24, 2.45) is 0 Å². The number of fused-ring (bicyclic) bond motifs is 1. The van der Waals surface area contributed by atoms with Gasteiger partial charge < -0.3 is 10.3 Å². The van der Waals surface area contributed by atoms with E-state index in [-0.39, 0.29) is 36.4 Å². The van der Waals surface area contributed by atoms with Crippen LogP contribution in [-0.2, 0) is 4.79 Å². The zero-order chi connectivity index (χ0) is 22.1. The second-order valence-corrected chi connectivity index (χ2v) is 8.11. The van der Waals surface area contributed by atoms with Crippen LogP contribution in [-0.4, -0.2) is 38.7 Å². The van der Waals surface area contributed by atoms with Gasteiger partial charge >= 0.3 is 5.69 Å². The number of nitrogens with zero attached hydrogens (tertiary/aromatic N) is 2. The minimum Gasteiger partial charge on any atom is -0.324 e. The van der Waals surface area contributed by atoms with Crippen molar-refractivity contribution in [1.82, 2.24) is 14.5 Å². The van der Waals surface area contributed by atoms with E-state index in [0.717, 1.165) is 4.47 Å². The maximum atomic E-state index is 12.5. The Kier molecular flexibility index (Phi) is 5.60. The van der Waals surface area contributed by atoms with E-state index >= 15 is 0 Å². The molecule has 2 heterocycles. The van der Waals surface area contributed by atoms with Gasteiger partial charge in [-0.25, -0.2) is 4.79 Å². The van der Waals surface area contributed by atoms with Crippen molar-refractivity contribution >= 4 is 39.3 Å². The highest BCUT2D eigenvalue weighted by atomic mass is 79.9. The zero-order valence-corrected chi connectivity index (χ0v) is 18.2. The van der Waals surface area contributed by atoms with Gasteiger partial charge in [0.1, 0.15) is 0 Å². The molecule has 0 unspecified atom stereocenters. The molecule has 0 aliphatic carbocycles. The van der Waals surface area contributed by atoms with Gasteiger partial charge in [-0.3, -0.25) is 23.9 Å². The second-order valence-electron chi connectivity index (χ2n) is 7.19. The number of nitrogens with one attached hydrogen (secondary N) is 2. The smallest absolute Gasteiger partial charge is 0.324 e. The van der Waals surface area contributed by atoms with Crippen LogP contribution in [0.25, 0.3) is 5.69 Å². The van der Waals surface area contributed by atoms with Crippen molar-refractivity contribution in [1.29, 1.82) is 0 Å². The molecule has 3 amide bonds. The number of aromatic amines is 1. The predicted octanol–water partition coefficient (Wildman–Crippen LogP) is 3.25. The van der Waals surface area contributed by atoms with Crippen molar-refractivity contribution in [3.63, 3.8) is 0 Å². The van der Waals surface area contributed by atoms with Gasteiger partial charge in [0, 0.05) is 29.3 Å². The molecule has 0 atom stereocenters. The Morgan fingerprint density at radius 2 is 1.81 bits per heavy atom.